The summed E-state index contributed by atoms with van der Waals surface area (Å²) in [6.45, 7) is 8.35. The normalized spacial score (nSPS) is 24.6. The molecule has 2 amide bonds. The van der Waals surface area contributed by atoms with Crippen molar-refractivity contribution in [3.63, 3.8) is 0 Å². The molecular formula is C26H34N4O4. The Hall–Kier alpha value is -3.16. The van der Waals surface area contributed by atoms with Crippen LogP contribution in [-0.4, -0.2) is 46.3 Å². The highest BCUT2D eigenvalue weighted by Crippen LogP contribution is 2.34. The lowest BCUT2D eigenvalue weighted by Gasteiger charge is -2.44. The minimum atomic E-state index is -1.22. The van der Waals surface area contributed by atoms with Crippen LogP contribution < -0.4 is 10.2 Å². The maximum Gasteiger partial charge on any atom is 0.358 e. The van der Waals surface area contributed by atoms with E-state index in [-0.39, 0.29) is 35.8 Å². The molecule has 0 spiro atoms. The summed E-state index contributed by atoms with van der Waals surface area (Å²) in [6.07, 6.45) is 4.01. The average Bonchev–Trinajstić information content (AvgIpc) is 3.24. The molecule has 182 valence electrons. The summed E-state index contributed by atoms with van der Waals surface area (Å²) < 4.78 is 6.24. The van der Waals surface area contributed by atoms with Crippen molar-refractivity contribution >= 4 is 23.5 Å². The third-order valence-electron chi connectivity index (χ3n) is 7.21. The number of nitrogens with zero attached hydrogens (tertiary/aromatic N) is 3. The van der Waals surface area contributed by atoms with Crippen LogP contribution in [0.4, 0.5) is 5.69 Å². The second-order valence-corrected chi connectivity index (χ2v) is 10.2. The summed E-state index contributed by atoms with van der Waals surface area (Å²) in [5.41, 5.74) is 0.869. The number of nitrogens with one attached hydrogen (secondary N) is 1. The minimum absolute atomic E-state index is 0.0480. The topological polar surface area (TPSA) is 93.5 Å². The molecular weight excluding hydrogens is 432 g/mol. The number of ether oxygens (including phenoxy) is 1. The van der Waals surface area contributed by atoms with Gasteiger partial charge >= 0.3 is 5.97 Å². The zero-order chi connectivity index (χ0) is 24.6. The fourth-order valence-electron chi connectivity index (χ4n) is 4.94. The van der Waals surface area contributed by atoms with Crippen LogP contribution in [0.5, 0.6) is 0 Å². The maximum absolute atomic E-state index is 13.7. The highest BCUT2D eigenvalue weighted by atomic mass is 16.5. The maximum atomic E-state index is 13.7. The number of carbonyl (C=O) groups is 3. The molecule has 1 unspecified atom stereocenters. The molecule has 8 heteroatoms. The van der Waals surface area contributed by atoms with E-state index in [9.17, 15) is 14.4 Å². The second-order valence-electron chi connectivity index (χ2n) is 10.2. The van der Waals surface area contributed by atoms with Crippen molar-refractivity contribution in [2.24, 2.45) is 5.92 Å². The van der Waals surface area contributed by atoms with Gasteiger partial charge in [0.1, 0.15) is 11.2 Å². The summed E-state index contributed by atoms with van der Waals surface area (Å²) in [7, 11) is 1.27. The summed E-state index contributed by atoms with van der Waals surface area (Å²) in [6, 6.07) is 9.26. The number of aromatic nitrogens is 2. The molecule has 1 fully saturated rings. The number of methoxy groups -OCH3 is 1. The Labute approximate surface area is 200 Å². The van der Waals surface area contributed by atoms with Gasteiger partial charge in [0, 0.05) is 17.8 Å². The molecule has 0 saturated heterocycles. The zero-order valence-corrected chi connectivity index (χ0v) is 20.6. The van der Waals surface area contributed by atoms with E-state index in [4.69, 9.17) is 4.74 Å². The van der Waals surface area contributed by atoms with Crippen LogP contribution in [0.25, 0.3) is 0 Å². The molecule has 0 bridgehead atoms. The smallest absolute Gasteiger partial charge is 0.358 e. The summed E-state index contributed by atoms with van der Waals surface area (Å²) in [5, 5.41) is 7.49. The summed E-state index contributed by atoms with van der Waals surface area (Å²) in [4.78, 5) is 41.1. The molecule has 1 aliphatic carbocycles. The molecule has 8 nitrogen and oxygen atoms in total. The van der Waals surface area contributed by atoms with Crippen molar-refractivity contribution in [1.29, 1.82) is 0 Å². The molecule has 0 radical (unpaired) electrons. The van der Waals surface area contributed by atoms with E-state index in [0.29, 0.717) is 17.5 Å². The van der Waals surface area contributed by atoms with E-state index in [2.05, 4.69) is 31.2 Å². The number of anilines is 1. The number of esters is 1. The van der Waals surface area contributed by atoms with Crippen LogP contribution in [0.2, 0.25) is 0 Å². The van der Waals surface area contributed by atoms with Gasteiger partial charge in [-0.15, -0.1) is 0 Å². The van der Waals surface area contributed by atoms with Crippen LogP contribution >= 0.6 is 0 Å². The number of fused-ring (bicyclic) bond motifs is 1. The number of carbonyl (C=O) groups excluding carboxylic acids is 3. The molecule has 1 atom stereocenters. The molecule has 1 N–H and O–H groups in total. The molecule has 1 saturated carbocycles. The largest absolute Gasteiger partial charge is 0.464 e. The monoisotopic (exact) mass is 466 g/mol. The first-order valence-corrected chi connectivity index (χ1v) is 12.1. The van der Waals surface area contributed by atoms with E-state index >= 15 is 0 Å². The van der Waals surface area contributed by atoms with E-state index in [1.807, 2.05) is 24.3 Å². The average molecular weight is 467 g/mol. The first-order valence-electron chi connectivity index (χ1n) is 12.1. The van der Waals surface area contributed by atoms with E-state index in [1.165, 1.54) is 17.9 Å². The molecule has 2 aromatic rings. The van der Waals surface area contributed by atoms with Crippen LogP contribution in [0.1, 0.15) is 85.8 Å². The lowest BCUT2D eigenvalue weighted by atomic mass is 9.86. The van der Waals surface area contributed by atoms with Gasteiger partial charge in [0.05, 0.1) is 13.7 Å². The van der Waals surface area contributed by atoms with Crippen LogP contribution in [-0.2, 0) is 16.1 Å². The number of rotatable bonds is 5. The van der Waals surface area contributed by atoms with Gasteiger partial charge < -0.3 is 10.1 Å². The molecule has 2 aliphatic rings. The SMILES string of the molecule is COC(=O)c1cc2n(n1)CC(C)(C(=O)NC1CCC(C)CC1)N(c1ccc(C(C)C)cc1)C2=O. The Bertz CT molecular complexity index is 1080. The molecule has 4 rings (SSSR count). The van der Waals surface area contributed by atoms with Crippen LogP contribution in [0.3, 0.4) is 0 Å². The Morgan fingerprint density at radius 2 is 1.79 bits per heavy atom. The number of amides is 2. The quantitative estimate of drug-likeness (QED) is 0.675. The van der Waals surface area contributed by atoms with Crippen molar-refractivity contribution in [3.05, 3.63) is 47.3 Å². The van der Waals surface area contributed by atoms with Crippen molar-refractivity contribution in [2.45, 2.75) is 77.4 Å². The third-order valence-corrected chi connectivity index (χ3v) is 7.21. The highest BCUT2D eigenvalue weighted by molar-refractivity contribution is 6.12. The molecule has 2 heterocycles. The second kappa shape index (κ2) is 9.24. The lowest BCUT2D eigenvalue weighted by molar-refractivity contribution is -0.127. The predicted octanol–water partition coefficient (Wildman–Crippen LogP) is 3.91. The fraction of sp³-hybridized carbons (Fsp3) is 0.538. The molecule has 1 aliphatic heterocycles. The standard InChI is InChI=1S/C26H34N4O4/c1-16(2)18-8-12-20(13-9-18)30-23(31)22-14-21(24(32)34-5)28-29(22)15-26(30,4)25(33)27-19-10-6-17(3)7-11-19/h8-9,12-14,16-17,19H,6-7,10-11,15H2,1-5H3,(H,27,33). The Morgan fingerprint density at radius 1 is 1.15 bits per heavy atom. The zero-order valence-electron chi connectivity index (χ0n) is 20.6. The van der Waals surface area contributed by atoms with Crippen molar-refractivity contribution in [1.82, 2.24) is 15.1 Å². The van der Waals surface area contributed by atoms with E-state index in [0.717, 1.165) is 31.2 Å². The fourth-order valence-corrected chi connectivity index (χ4v) is 4.94. The predicted molar refractivity (Wildman–Crippen MR) is 129 cm³/mol. The Morgan fingerprint density at radius 3 is 2.38 bits per heavy atom. The van der Waals surface area contributed by atoms with Gasteiger partial charge in [0.2, 0.25) is 5.91 Å². The Kier molecular flexibility index (Phi) is 6.51. The summed E-state index contributed by atoms with van der Waals surface area (Å²) in [5.74, 6) is -0.196. The first kappa shape index (κ1) is 24.0. The molecule has 1 aromatic heterocycles. The van der Waals surface area contributed by atoms with Gasteiger partial charge in [-0.1, -0.05) is 32.9 Å². The van der Waals surface area contributed by atoms with Gasteiger partial charge in [0.25, 0.3) is 5.91 Å². The highest BCUT2D eigenvalue weighted by Gasteiger charge is 2.49. The van der Waals surface area contributed by atoms with Gasteiger partial charge in [-0.2, -0.15) is 5.10 Å². The Balaban J connectivity index is 1.72. The van der Waals surface area contributed by atoms with Crippen molar-refractivity contribution in [3.8, 4) is 0 Å². The third kappa shape index (κ3) is 4.33. The molecule has 34 heavy (non-hydrogen) atoms. The summed E-state index contributed by atoms with van der Waals surface area (Å²) >= 11 is 0. The minimum Gasteiger partial charge on any atom is -0.464 e. The van der Waals surface area contributed by atoms with Gasteiger partial charge in [-0.05, 0) is 62.1 Å². The number of hydrogen-bond acceptors (Lipinski definition) is 5. The lowest BCUT2D eigenvalue weighted by Crippen LogP contribution is -2.65. The van der Waals surface area contributed by atoms with Gasteiger partial charge in [-0.25, -0.2) is 4.79 Å². The van der Waals surface area contributed by atoms with Gasteiger partial charge in [0.15, 0.2) is 5.69 Å². The van der Waals surface area contributed by atoms with Crippen molar-refractivity contribution < 1.29 is 19.1 Å². The van der Waals surface area contributed by atoms with Crippen molar-refractivity contribution in [2.75, 3.05) is 12.0 Å². The number of hydrogen-bond donors (Lipinski definition) is 1. The van der Waals surface area contributed by atoms with E-state index in [1.54, 1.807) is 11.8 Å². The van der Waals surface area contributed by atoms with E-state index < -0.39 is 11.5 Å². The van der Waals surface area contributed by atoms with Gasteiger partial charge in [-0.3, -0.25) is 19.2 Å². The first-order chi connectivity index (χ1) is 16.1. The molecule has 1 aromatic carbocycles. The van der Waals surface area contributed by atoms with Crippen LogP contribution in [0, 0.1) is 5.92 Å². The number of benzene rings is 1. The van der Waals surface area contributed by atoms with Crippen LogP contribution in [0.15, 0.2) is 30.3 Å².